The summed E-state index contributed by atoms with van der Waals surface area (Å²) in [5.74, 6) is 0.373. The highest BCUT2D eigenvalue weighted by Gasteiger charge is 2.11. The highest BCUT2D eigenvalue weighted by Crippen LogP contribution is 2.14. The lowest BCUT2D eigenvalue weighted by atomic mass is 10.1. The molecule has 0 unspecified atom stereocenters. The molecule has 0 atom stereocenters. The van der Waals surface area contributed by atoms with Crippen molar-refractivity contribution >= 4 is 0 Å². The van der Waals surface area contributed by atoms with E-state index in [0.29, 0.717) is 31.2 Å². The van der Waals surface area contributed by atoms with Gasteiger partial charge in [0.05, 0.1) is 6.61 Å². The maximum atomic E-state index is 13.9. The molecule has 3 nitrogen and oxygen atoms in total. The molecule has 0 aliphatic carbocycles. The van der Waals surface area contributed by atoms with E-state index in [4.69, 9.17) is 10.5 Å². The van der Waals surface area contributed by atoms with E-state index in [1.165, 1.54) is 6.07 Å². The predicted octanol–water partition coefficient (Wildman–Crippen LogP) is 2.39. The van der Waals surface area contributed by atoms with E-state index in [1.807, 2.05) is 12.1 Å². The second-order valence-electron chi connectivity index (χ2n) is 5.25. The molecule has 0 bridgehead atoms. The van der Waals surface area contributed by atoms with E-state index in [9.17, 15) is 4.39 Å². The quantitative estimate of drug-likeness (QED) is 0.787. The minimum atomic E-state index is -0.172. The molecule has 0 heterocycles. The van der Waals surface area contributed by atoms with E-state index < -0.39 is 0 Å². The van der Waals surface area contributed by atoms with E-state index in [2.05, 4.69) is 18.7 Å². The summed E-state index contributed by atoms with van der Waals surface area (Å²) in [6.45, 7) is 7.71. The van der Waals surface area contributed by atoms with Crippen molar-refractivity contribution < 1.29 is 9.13 Å². The molecule has 0 aliphatic rings. The molecule has 108 valence electrons. The number of nitrogens with zero attached hydrogens (tertiary/aromatic N) is 1. The summed E-state index contributed by atoms with van der Waals surface area (Å²) in [6, 6.07) is 5.25. The summed E-state index contributed by atoms with van der Waals surface area (Å²) in [7, 11) is 1.68. The first-order valence-electron chi connectivity index (χ1n) is 6.75. The van der Waals surface area contributed by atoms with Crippen molar-refractivity contribution in [3.05, 3.63) is 35.1 Å². The molecule has 19 heavy (non-hydrogen) atoms. The fraction of sp³-hybridized carbons (Fsp3) is 0.600. The molecule has 0 radical (unpaired) electrons. The topological polar surface area (TPSA) is 38.5 Å². The SMILES string of the molecule is COCCN(Cc1ccc(CN)cc1F)CC(C)C. The van der Waals surface area contributed by atoms with Crippen molar-refractivity contribution in [3.63, 3.8) is 0 Å². The van der Waals surface area contributed by atoms with Gasteiger partial charge in [0.15, 0.2) is 0 Å². The Morgan fingerprint density at radius 1 is 1.37 bits per heavy atom. The molecule has 0 saturated heterocycles. The summed E-state index contributed by atoms with van der Waals surface area (Å²) in [6.07, 6.45) is 0. The number of hydrogen-bond acceptors (Lipinski definition) is 3. The van der Waals surface area contributed by atoms with E-state index in [0.717, 1.165) is 18.7 Å². The van der Waals surface area contributed by atoms with Gasteiger partial charge in [0.1, 0.15) is 5.82 Å². The summed E-state index contributed by atoms with van der Waals surface area (Å²) < 4.78 is 19.1. The first-order chi connectivity index (χ1) is 9.06. The Morgan fingerprint density at radius 2 is 2.11 bits per heavy atom. The zero-order chi connectivity index (χ0) is 14.3. The van der Waals surface area contributed by atoms with Crippen LogP contribution in [0.1, 0.15) is 25.0 Å². The molecule has 1 aromatic carbocycles. The van der Waals surface area contributed by atoms with Gasteiger partial charge in [0.25, 0.3) is 0 Å². The molecule has 0 fully saturated rings. The van der Waals surface area contributed by atoms with Crippen LogP contribution in [0.3, 0.4) is 0 Å². The third kappa shape index (κ3) is 5.68. The number of ether oxygens (including phenoxy) is 1. The van der Waals surface area contributed by atoms with Gasteiger partial charge in [-0.2, -0.15) is 0 Å². The van der Waals surface area contributed by atoms with E-state index >= 15 is 0 Å². The van der Waals surface area contributed by atoms with Crippen molar-refractivity contribution in [2.24, 2.45) is 11.7 Å². The summed E-state index contributed by atoms with van der Waals surface area (Å²) in [5.41, 5.74) is 7.05. The van der Waals surface area contributed by atoms with Crippen molar-refractivity contribution in [1.82, 2.24) is 4.90 Å². The molecule has 0 spiro atoms. The smallest absolute Gasteiger partial charge is 0.128 e. The number of nitrogens with two attached hydrogens (primary N) is 1. The molecule has 1 aromatic rings. The Morgan fingerprint density at radius 3 is 2.63 bits per heavy atom. The van der Waals surface area contributed by atoms with Crippen molar-refractivity contribution in [1.29, 1.82) is 0 Å². The predicted molar refractivity (Wildman–Crippen MR) is 76.3 cm³/mol. The fourth-order valence-electron chi connectivity index (χ4n) is 2.06. The van der Waals surface area contributed by atoms with Gasteiger partial charge in [-0.3, -0.25) is 4.90 Å². The molecule has 2 N–H and O–H groups in total. The number of halogens is 1. The average molecular weight is 268 g/mol. The molecular formula is C15H25FN2O. The highest BCUT2D eigenvalue weighted by atomic mass is 19.1. The molecule has 0 aromatic heterocycles. The average Bonchev–Trinajstić information content (AvgIpc) is 2.37. The van der Waals surface area contributed by atoms with Gasteiger partial charge in [-0.1, -0.05) is 26.0 Å². The zero-order valence-electron chi connectivity index (χ0n) is 12.2. The van der Waals surface area contributed by atoms with E-state index in [-0.39, 0.29) is 5.82 Å². The third-order valence-electron chi connectivity index (χ3n) is 2.98. The zero-order valence-corrected chi connectivity index (χ0v) is 12.2. The Balaban J connectivity index is 2.71. The van der Waals surface area contributed by atoms with Gasteiger partial charge in [0.2, 0.25) is 0 Å². The summed E-state index contributed by atoms with van der Waals surface area (Å²) in [4.78, 5) is 2.22. The van der Waals surface area contributed by atoms with Crippen molar-refractivity contribution in [2.45, 2.75) is 26.9 Å². The lowest BCUT2D eigenvalue weighted by molar-refractivity contribution is 0.135. The number of benzene rings is 1. The lowest BCUT2D eigenvalue weighted by Crippen LogP contribution is -2.31. The highest BCUT2D eigenvalue weighted by molar-refractivity contribution is 5.24. The van der Waals surface area contributed by atoms with Crippen LogP contribution in [0.5, 0.6) is 0 Å². The second-order valence-corrected chi connectivity index (χ2v) is 5.25. The van der Waals surface area contributed by atoms with Crippen LogP contribution >= 0.6 is 0 Å². The van der Waals surface area contributed by atoms with Crippen LogP contribution in [0.25, 0.3) is 0 Å². The molecular weight excluding hydrogens is 243 g/mol. The maximum absolute atomic E-state index is 13.9. The van der Waals surface area contributed by atoms with Crippen LogP contribution < -0.4 is 5.73 Å². The fourth-order valence-corrected chi connectivity index (χ4v) is 2.06. The minimum Gasteiger partial charge on any atom is -0.383 e. The van der Waals surface area contributed by atoms with Crippen LogP contribution in [0.2, 0.25) is 0 Å². The van der Waals surface area contributed by atoms with Crippen LogP contribution in [0.15, 0.2) is 18.2 Å². The Labute approximate surface area is 115 Å². The molecule has 4 heteroatoms. The maximum Gasteiger partial charge on any atom is 0.128 e. The lowest BCUT2D eigenvalue weighted by Gasteiger charge is -2.24. The monoisotopic (exact) mass is 268 g/mol. The number of hydrogen-bond donors (Lipinski definition) is 1. The molecule has 1 rings (SSSR count). The Kier molecular flexibility index (Phi) is 6.99. The van der Waals surface area contributed by atoms with Crippen LogP contribution in [0, 0.1) is 11.7 Å². The number of methoxy groups -OCH3 is 1. The Hall–Kier alpha value is -0.970. The molecule has 0 amide bonds. The van der Waals surface area contributed by atoms with Gasteiger partial charge in [-0.05, 0) is 17.5 Å². The van der Waals surface area contributed by atoms with Crippen molar-refractivity contribution in [2.75, 3.05) is 26.8 Å². The summed E-state index contributed by atoms with van der Waals surface area (Å²) >= 11 is 0. The van der Waals surface area contributed by atoms with Gasteiger partial charge in [-0.15, -0.1) is 0 Å². The van der Waals surface area contributed by atoms with Gasteiger partial charge < -0.3 is 10.5 Å². The van der Waals surface area contributed by atoms with E-state index in [1.54, 1.807) is 7.11 Å². The van der Waals surface area contributed by atoms with Gasteiger partial charge in [-0.25, -0.2) is 4.39 Å². The van der Waals surface area contributed by atoms with Crippen LogP contribution in [0.4, 0.5) is 4.39 Å². The number of rotatable bonds is 8. The third-order valence-corrected chi connectivity index (χ3v) is 2.98. The summed E-state index contributed by atoms with van der Waals surface area (Å²) in [5, 5.41) is 0. The van der Waals surface area contributed by atoms with Crippen LogP contribution in [-0.4, -0.2) is 31.7 Å². The second kappa shape index (κ2) is 8.25. The standard InChI is InChI=1S/C15H25FN2O/c1-12(2)10-18(6-7-19-3)11-14-5-4-13(9-17)8-15(14)16/h4-5,8,12H,6-7,9-11,17H2,1-3H3. The first kappa shape index (κ1) is 16.1. The van der Waals surface area contributed by atoms with Crippen LogP contribution in [-0.2, 0) is 17.8 Å². The van der Waals surface area contributed by atoms with Gasteiger partial charge >= 0.3 is 0 Å². The van der Waals surface area contributed by atoms with Crippen molar-refractivity contribution in [3.8, 4) is 0 Å². The molecule has 0 aliphatic heterocycles. The first-order valence-corrected chi connectivity index (χ1v) is 6.75. The largest absolute Gasteiger partial charge is 0.383 e. The van der Waals surface area contributed by atoms with Gasteiger partial charge in [0, 0.05) is 38.9 Å². The normalized spacial score (nSPS) is 11.5. The molecule has 0 saturated carbocycles. The Bertz CT molecular complexity index is 382. The minimum absolute atomic E-state index is 0.172.